The first-order valence-electron chi connectivity index (χ1n) is 3.92. The summed E-state index contributed by atoms with van der Waals surface area (Å²) in [5.41, 5.74) is 3.05. The van der Waals surface area contributed by atoms with Gasteiger partial charge in [0.2, 0.25) is 0 Å². The number of benzene rings is 1. The molecular weight excluding hydrogens is 207 g/mol. The van der Waals surface area contributed by atoms with Crippen molar-refractivity contribution < 1.29 is 13.2 Å². The second-order valence-corrected chi connectivity index (χ2v) is 3.48. The Morgan fingerprint density at radius 2 is 2.36 bits per heavy atom. The van der Waals surface area contributed by atoms with E-state index in [2.05, 4.69) is 5.43 Å². The van der Waals surface area contributed by atoms with E-state index in [-0.39, 0.29) is 12.4 Å². The van der Waals surface area contributed by atoms with E-state index in [4.69, 9.17) is 0 Å². The molecule has 1 atom stereocenters. The van der Waals surface area contributed by atoms with E-state index < -0.39 is 11.3 Å². The molecule has 78 valence electrons. The van der Waals surface area contributed by atoms with Crippen molar-refractivity contribution in [3.05, 3.63) is 35.6 Å². The van der Waals surface area contributed by atoms with E-state index in [1.807, 2.05) is 0 Å². The second-order valence-electron chi connectivity index (χ2n) is 2.61. The first-order valence-corrected chi connectivity index (χ1v) is 4.95. The molecule has 14 heavy (non-hydrogen) atoms. The number of nitrogens with zero attached hydrogens (tertiary/aromatic N) is 1. The summed E-state index contributed by atoms with van der Waals surface area (Å²) in [6.07, 6.45) is 0. The minimum absolute atomic E-state index is 0.102. The summed E-state index contributed by atoms with van der Waals surface area (Å²) in [6.45, 7) is 0.102. The molecular formula is C8H10FN2O2S-. The average Bonchev–Trinajstić information content (AvgIpc) is 2.14. The molecule has 0 heterocycles. The topological polar surface area (TPSA) is 55.4 Å². The van der Waals surface area contributed by atoms with Crippen LogP contribution in [0.1, 0.15) is 5.56 Å². The molecule has 1 rings (SSSR count). The maximum Gasteiger partial charge on any atom is 0.123 e. The highest BCUT2D eigenvalue weighted by Gasteiger charge is 2.03. The highest BCUT2D eigenvalue weighted by atomic mass is 32.2. The van der Waals surface area contributed by atoms with Gasteiger partial charge in [0.05, 0.1) is 6.54 Å². The Bertz CT molecular complexity index is 335. The van der Waals surface area contributed by atoms with Crippen LogP contribution in [-0.2, 0) is 17.8 Å². The fraction of sp³-hybridized carbons (Fsp3) is 0.250. The summed E-state index contributed by atoms with van der Waals surface area (Å²) in [7, 11) is 1.48. The fourth-order valence-electron chi connectivity index (χ4n) is 1.01. The first kappa shape index (κ1) is 11.3. The zero-order chi connectivity index (χ0) is 10.6. The number of hydrogen-bond acceptors (Lipinski definition) is 3. The van der Waals surface area contributed by atoms with Gasteiger partial charge >= 0.3 is 0 Å². The molecule has 1 aromatic rings. The summed E-state index contributed by atoms with van der Waals surface area (Å²) in [6, 6.07) is 5.78. The van der Waals surface area contributed by atoms with Gasteiger partial charge in [-0.05, 0) is 24.7 Å². The molecule has 0 aliphatic carbocycles. The molecule has 0 radical (unpaired) electrons. The summed E-state index contributed by atoms with van der Waals surface area (Å²) in [4.78, 5) is 0. The monoisotopic (exact) mass is 217 g/mol. The zero-order valence-corrected chi connectivity index (χ0v) is 8.38. The third-order valence-electron chi connectivity index (χ3n) is 1.64. The molecule has 0 aliphatic rings. The second kappa shape index (κ2) is 5.16. The SMILES string of the molecule is CNN(Cc1cccc(F)c1)S(=O)[O-]. The Morgan fingerprint density at radius 1 is 1.64 bits per heavy atom. The Morgan fingerprint density at radius 3 is 2.86 bits per heavy atom. The van der Waals surface area contributed by atoms with Gasteiger partial charge in [-0.3, -0.25) is 4.21 Å². The van der Waals surface area contributed by atoms with Crippen molar-refractivity contribution in [3.8, 4) is 0 Å². The lowest BCUT2D eigenvalue weighted by Crippen LogP contribution is -2.35. The lowest BCUT2D eigenvalue weighted by molar-refractivity contribution is 0.322. The molecule has 4 nitrogen and oxygen atoms in total. The standard InChI is InChI=1S/C8H11FN2O2S/c1-10-11(14(12)13)6-7-3-2-4-8(9)5-7/h2-5,10H,6H2,1H3,(H,12,13)/p-1. The van der Waals surface area contributed by atoms with Gasteiger partial charge in [0, 0.05) is 11.3 Å². The minimum atomic E-state index is -2.36. The number of nitrogens with one attached hydrogen (secondary N) is 1. The molecule has 1 aromatic carbocycles. The van der Waals surface area contributed by atoms with E-state index in [1.54, 1.807) is 6.07 Å². The van der Waals surface area contributed by atoms with E-state index in [0.717, 1.165) is 4.41 Å². The van der Waals surface area contributed by atoms with Crippen molar-refractivity contribution in [2.75, 3.05) is 7.05 Å². The van der Waals surface area contributed by atoms with E-state index in [1.165, 1.54) is 25.2 Å². The van der Waals surface area contributed by atoms with Crippen LogP contribution in [0.3, 0.4) is 0 Å². The Kier molecular flexibility index (Phi) is 4.15. The van der Waals surface area contributed by atoms with Crippen LogP contribution in [0.2, 0.25) is 0 Å². The van der Waals surface area contributed by atoms with Gasteiger partial charge in [-0.15, -0.1) is 0 Å². The maximum absolute atomic E-state index is 12.7. The van der Waals surface area contributed by atoms with Crippen molar-refractivity contribution >= 4 is 11.3 Å². The van der Waals surface area contributed by atoms with Crippen LogP contribution < -0.4 is 5.43 Å². The van der Waals surface area contributed by atoms with Gasteiger partial charge < -0.3 is 4.55 Å². The smallest absolute Gasteiger partial charge is 0.123 e. The molecule has 0 bridgehead atoms. The third kappa shape index (κ3) is 3.15. The largest absolute Gasteiger partial charge is 0.759 e. The molecule has 0 fully saturated rings. The third-order valence-corrected chi connectivity index (χ3v) is 2.32. The zero-order valence-electron chi connectivity index (χ0n) is 7.57. The van der Waals surface area contributed by atoms with Crippen molar-refractivity contribution in [1.29, 1.82) is 0 Å². The molecule has 0 aromatic heterocycles. The lowest BCUT2D eigenvalue weighted by atomic mass is 10.2. The number of hydrazine groups is 1. The molecule has 0 spiro atoms. The van der Waals surface area contributed by atoms with Crippen LogP contribution in [0.15, 0.2) is 24.3 Å². The van der Waals surface area contributed by atoms with Crippen molar-refractivity contribution in [2.45, 2.75) is 6.54 Å². The Hall–Kier alpha value is -0.820. The van der Waals surface area contributed by atoms with E-state index >= 15 is 0 Å². The average molecular weight is 217 g/mol. The summed E-state index contributed by atoms with van der Waals surface area (Å²) in [5, 5.41) is 0. The van der Waals surface area contributed by atoms with Crippen LogP contribution in [-0.4, -0.2) is 20.2 Å². The van der Waals surface area contributed by atoms with Gasteiger partial charge in [-0.25, -0.2) is 9.82 Å². The normalized spacial score (nSPS) is 13.1. The van der Waals surface area contributed by atoms with E-state index in [0.29, 0.717) is 5.56 Å². The van der Waals surface area contributed by atoms with Crippen LogP contribution in [0, 0.1) is 5.82 Å². The number of hydrogen-bond donors (Lipinski definition) is 1. The lowest BCUT2D eigenvalue weighted by Gasteiger charge is -2.22. The van der Waals surface area contributed by atoms with Crippen LogP contribution in [0.5, 0.6) is 0 Å². The van der Waals surface area contributed by atoms with Crippen molar-refractivity contribution in [1.82, 2.24) is 9.84 Å². The maximum atomic E-state index is 12.7. The molecule has 1 N–H and O–H groups in total. The van der Waals surface area contributed by atoms with Gasteiger partial charge in [0.25, 0.3) is 0 Å². The molecule has 1 unspecified atom stereocenters. The van der Waals surface area contributed by atoms with Gasteiger partial charge in [0.1, 0.15) is 5.82 Å². The molecule has 6 heteroatoms. The number of rotatable bonds is 4. The van der Waals surface area contributed by atoms with Crippen LogP contribution in [0.4, 0.5) is 4.39 Å². The van der Waals surface area contributed by atoms with Crippen LogP contribution in [0.25, 0.3) is 0 Å². The molecule has 0 saturated carbocycles. The highest BCUT2D eigenvalue weighted by molar-refractivity contribution is 7.76. The summed E-state index contributed by atoms with van der Waals surface area (Å²) >= 11 is -2.36. The summed E-state index contributed by atoms with van der Waals surface area (Å²) < 4.78 is 34.9. The highest BCUT2D eigenvalue weighted by Crippen LogP contribution is 2.06. The predicted molar refractivity (Wildman–Crippen MR) is 49.9 cm³/mol. The van der Waals surface area contributed by atoms with Crippen molar-refractivity contribution in [3.63, 3.8) is 0 Å². The van der Waals surface area contributed by atoms with Crippen LogP contribution >= 0.6 is 0 Å². The van der Waals surface area contributed by atoms with Gasteiger partial charge in [-0.1, -0.05) is 12.1 Å². The van der Waals surface area contributed by atoms with E-state index in [9.17, 15) is 13.2 Å². The number of halogens is 1. The molecule has 0 saturated heterocycles. The predicted octanol–water partition coefficient (Wildman–Crippen LogP) is 0.556. The summed E-state index contributed by atoms with van der Waals surface area (Å²) in [5.74, 6) is -0.379. The minimum Gasteiger partial charge on any atom is -0.759 e. The Balaban J connectivity index is 2.72. The van der Waals surface area contributed by atoms with Crippen molar-refractivity contribution in [2.24, 2.45) is 0 Å². The fourth-order valence-corrected chi connectivity index (χ4v) is 1.41. The van der Waals surface area contributed by atoms with Gasteiger partial charge in [0.15, 0.2) is 0 Å². The Labute approximate surface area is 84.1 Å². The quantitative estimate of drug-likeness (QED) is 0.592. The molecule has 0 aliphatic heterocycles. The molecule has 0 amide bonds. The van der Waals surface area contributed by atoms with Gasteiger partial charge in [-0.2, -0.15) is 4.41 Å². The first-order chi connectivity index (χ1) is 6.63.